The van der Waals surface area contributed by atoms with E-state index in [0.717, 1.165) is 18.7 Å². The van der Waals surface area contributed by atoms with Crippen LogP contribution in [0.25, 0.3) is 0 Å². The zero-order valence-electron chi connectivity index (χ0n) is 14.8. The number of hydrogen-bond acceptors (Lipinski definition) is 3. The summed E-state index contributed by atoms with van der Waals surface area (Å²) < 4.78 is 1.78. The van der Waals surface area contributed by atoms with Gasteiger partial charge in [0.2, 0.25) is 5.91 Å². The minimum absolute atomic E-state index is 0.0536. The van der Waals surface area contributed by atoms with E-state index in [4.69, 9.17) is 0 Å². The van der Waals surface area contributed by atoms with Crippen LogP contribution in [0.5, 0.6) is 0 Å². The molecule has 0 atom stereocenters. The lowest BCUT2D eigenvalue weighted by molar-refractivity contribution is -0.119. The average Bonchev–Trinajstić information content (AvgIpc) is 3.03. The maximum Gasteiger partial charge on any atom is 0.239 e. The fourth-order valence-electron chi connectivity index (χ4n) is 2.28. The first kappa shape index (κ1) is 18.5. The maximum atomic E-state index is 12.0. The van der Waals surface area contributed by atoms with Crippen LogP contribution in [0, 0.1) is 0 Å². The van der Waals surface area contributed by atoms with Crippen LogP contribution >= 0.6 is 0 Å². The molecule has 0 radical (unpaired) electrons. The Labute approximate surface area is 148 Å². The highest BCUT2D eigenvalue weighted by atomic mass is 16.1. The van der Waals surface area contributed by atoms with Gasteiger partial charge < -0.3 is 16.0 Å². The molecule has 7 heteroatoms. The third-order valence-electron chi connectivity index (χ3n) is 3.66. The molecule has 0 saturated heterocycles. The van der Waals surface area contributed by atoms with Gasteiger partial charge in [-0.3, -0.25) is 9.48 Å². The number of aliphatic imine (C=N–C) groups is 1. The number of guanidine groups is 1. The molecule has 0 fully saturated rings. The van der Waals surface area contributed by atoms with Gasteiger partial charge in [-0.1, -0.05) is 30.3 Å². The van der Waals surface area contributed by atoms with E-state index in [0.29, 0.717) is 19.0 Å². The highest BCUT2D eigenvalue weighted by molar-refractivity contribution is 5.86. The Morgan fingerprint density at radius 1 is 1.16 bits per heavy atom. The Morgan fingerprint density at radius 3 is 2.64 bits per heavy atom. The molecule has 0 aliphatic carbocycles. The molecular formula is C18H26N6O. The van der Waals surface area contributed by atoms with E-state index in [1.807, 2.05) is 38.2 Å². The lowest BCUT2D eigenvalue weighted by Gasteiger charge is -2.11. The molecule has 25 heavy (non-hydrogen) atoms. The van der Waals surface area contributed by atoms with Crippen molar-refractivity contribution in [3.05, 3.63) is 53.9 Å². The molecule has 134 valence electrons. The number of benzene rings is 1. The van der Waals surface area contributed by atoms with Crippen molar-refractivity contribution in [2.45, 2.75) is 19.9 Å². The van der Waals surface area contributed by atoms with Gasteiger partial charge in [-0.15, -0.1) is 0 Å². The highest BCUT2D eigenvalue weighted by Gasteiger charge is 2.04. The third kappa shape index (κ3) is 6.66. The first-order chi connectivity index (χ1) is 12.2. The molecule has 0 spiro atoms. The zero-order chi connectivity index (χ0) is 17.9. The molecule has 1 aromatic heterocycles. The molecule has 0 aliphatic rings. The molecule has 0 bridgehead atoms. The minimum Gasteiger partial charge on any atom is -0.357 e. The second kappa shape index (κ2) is 10.1. The minimum atomic E-state index is -0.0536. The first-order valence-corrected chi connectivity index (χ1v) is 8.48. The first-order valence-electron chi connectivity index (χ1n) is 8.48. The van der Waals surface area contributed by atoms with Gasteiger partial charge in [-0.25, -0.2) is 4.99 Å². The SMILES string of the molecule is CCNC(=NCc1ccnn1C)NCC(=O)NCCc1ccccc1. The van der Waals surface area contributed by atoms with Gasteiger partial charge in [0.1, 0.15) is 0 Å². The van der Waals surface area contributed by atoms with Crippen LogP contribution in [0.3, 0.4) is 0 Å². The summed E-state index contributed by atoms with van der Waals surface area (Å²) in [5, 5.41) is 13.2. The van der Waals surface area contributed by atoms with Crippen molar-refractivity contribution in [2.75, 3.05) is 19.6 Å². The van der Waals surface area contributed by atoms with Gasteiger partial charge in [0.05, 0.1) is 18.8 Å². The summed E-state index contributed by atoms with van der Waals surface area (Å²) in [5.74, 6) is 0.559. The number of rotatable bonds is 8. The van der Waals surface area contributed by atoms with Crippen molar-refractivity contribution in [3.8, 4) is 0 Å². The second-order valence-corrected chi connectivity index (χ2v) is 5.58. The molecule has 2 aromatic rings. The number of aromatic nitrogens is 2. The lowest BCUT2D eigenvalue weighted by atomic mass is 10.1. The Balaban J connectivity index is 1.73. The van der Waals surface area contributed by atoms with Gasteiger partial charge in [0.25, 0.3) is 0 Å². The van der Waals surface area contributed by atoms with Crippen LogP contribution in [0.15, 0.2) is 47.6 Å². The number of amides is 1. The number of nitrogens with zero attached hydrogens (tertiary/aromatic N) is 3. The molecule has 7 nitrogen and oxygen atoms in total. The smallest absolute Gasteiger partial charge is 0.239 e. The monoisotopic (exact) mass is 342 g/mol. The fraction of sp³-hybridized carbons (Fsp3) is 0.389. The molecular weight excluding hydrogens is 316 g/mol. The Bertz CT molecular complexity index is 680. The van der Waals surface area contributed by atoms with Crippen molar-refractivity contribution in [2.24, 2.45) is 12.0 Å². The van der Waals surface area contributed by atoms with Crippen molar-refractivity contribution >= 4 is 11.9 Å². The van der Waals surface area contributed by atoms with Crippen molar-refractivity contribution in [3.63, 3.8) is 0 Å². The number of nitrogens with one attached hydrogen (secondary N) is 3. The van der Waals surface area contributed by atoms with E-state index in [2.05, 4.69) is 38.2 Å². The fourth-order valence-corrected chi connectivity index (χ4v) is 2.28. The number of carbonyl (C=O) groups excluding carboxylic acids is 1. The van der Waals surface area contributed by atoms with Crippen molar-refractivity contribution in [1.29, 1.82) is 0 Å². The summed E-state index contributed by atoms with van der Waals surface area (Å²) in [5.41, 5.74) is 2.21. The molecule has 1 aromatic carbocycles. The summed E-state index contributed by atoms with van der Waals surface area (Å²) >= 11 is 0. The Kier molecular flexibility index (Phi) is 7.49. The van der Waals surface area contributed by atoms with Crippen molar-refractivity contribution < 1.29 is 4.79 Å². The second-order valence-electron chi connectivity index (χ2n) is 5.58. The van der Waals surface area contributed by atoms with Crippen molar-refractivity contribution in [1.82, 2.24) is 25.7 Å². The zero-order valence-corrected chi connectivity index (χ0v) is 14.8. The van der Waals surface area contributed by atoms with Crippen LogP contribution < -0.4 is 16.0 Å². The van der Waals surface area contributed by atoms with E-state index >= 15 is 0 Å². The summed E-state index contributed by atoms with van der Waals surface area (Å²) in [4.78, 5) is 16.4. The molecule has 1 amide bonds. The van der Waals surface area contributed by atoms with Crippen LogP contribution in [0.2, 0.25) is 0 Å². The summed E-state index contributed by atoms with van der Waals surface area (Å²) in [7, 11) is 1.88. The molecule has 2 rings (SSSR count). The standard InChI is InChI=1S/C18H26N6O/c1-3-19-18(21-13-16-10-12-23-24(16)2)22-14-17(25)20-11-9-15-7-5-4-6-8-15/h4-8,10,12H,3,9,11,13-14H2,1-2H3,(H,20,25)(H2,19,21,22). The molecule has 0 unspecified atom stereocenters. The number of carbonyl (C=O) groups is 1. The molecule has 3 N–H and O–H groups in total. The average molecular weight is 342 g/mol. The molecule has 1 heterocycles. The van der Waals surface area contributed by atoms with Gasteiger partial charge in [-0.2, -0.15) is 5.10 Å². The normalized spacial score (nSPS) is 11.2. The van der Waals surface area contributed by atoms with Gasteiger partial charge in [0.15, 0.2) is 5.96 Å². The molecule has 0 saturated carbocycles. The van der Waals surface area contributed by atoms with Crippen LogP contribution in [0.4, 0.5) is 0 Å². The van der Waals surface area contributed by atoms with Gasteiger partial charge in [-0.05, 0) is 25.0 Å². The Morgan fingerprint density at radius 2 is 1.96 bits per heavy atom. The van der Waals surface area contributed by atoms with E-state index in [1.54, 1.807) is 10.9 Å². The third-order valence-corrected chi connectivity index (χ3v) is 3.66. The highest BCUT2D eigenvalue weighted by Crippen LogP contribution is 1.98. The summed E-state index contributed by atoms with van der Waals surface area (Å²) in [6.45, 7) is 4.02. The van der Waals surface area contributed by atoms with Gasteiger partial charge >= 0.3 is 0 Å². The quantitative estimate of drug-likeness (QED) is 0.490. The topological polar surface area (TPSA) is 83.3 Å². The van der Waals surface area contributed by atoms with E-state index < -0.39 is 0 Å². The Hall–Kier alpha value is -2.83. The van der Waals surface area contributed by atoms with E-state index in [1.165, 1.54) is 5.56 Å². The number of hydrogen-bond donors (Lipinski definition) is 3. The summed E-state index contributed by atoms with van der Waals surface area (Å²) in [6.07, 6.45) is 2.56. The van der Waals surface area contributed by atoms with Crippen LogP contribution in [-0.4, -0.2) is 41.3 Å². The van der Waals surface area contributed by atoms with Crippen LogP contribution in [-0.2, 0) is 24.8 Å². The number of aryl methyl sites for hydroxylation is 1. The largest absolute Gasteiger partial charge is 0.357 e. The predicted molar refractivity (Wildman–Crippen MR) is 99.2 cm³/mol. The van der Waals surface area contributed by atoms with Gasteiger partial charge in [0, 0.05) is 26.3 Å². The van der Waals surface area contributed by atoms with Crippen LogP contribution in [0.1, 0.15) is 18.2 Å². The molecule has 0 aliphatic heterocycles. The maximum absolute atomic E-state index is 12.0. The van der Waals surface area contributed by atoms with E-state index in [9.17, 15) is 4.79 Å². The van der Waals surface area contributed by atoms with E-state index in [-0.39, 0.29) is 12.5 Å². The lowest BCUT2D eigenvalue weighted by Crippen LogP contribution is -2.43. The predicted octanol–water partition coefficient (Wildman–Crippen LogP) is 0.834. The summed E-state index contributed by atoms with van der Waals surface area (Å²) in [6, 6.07) is 12.0.